The zero-order valence-corrected chi connectivity index (χ0v) is 9.90. The minimum absolute atomic E-state index is 0.647. The molecule has 0 bridgehead atoms. The maximum atomic E-state index is 5.32. The molecule has 15 heavy (non-hydrogen) atoms. The van der Waals surface area contributed by atoms with Crippen LogP contribution in [0.25, 0.3) is 0 Å². The Kier molecular flexibility index (Phi) is 5.20. The summed E-state index contributed by atoms with van der Waals surface area (Å²) in [4.78, 5) is 8.55. The average Bonchev–Trinajstić information content (AvgIpc) is 2.29. The van der Waals surface area contributed by atoms with Gasteiger partial charge in [-0.1, -0.05) is 6.92 Å². The van der Waals surface area contributed by atoms with Crippen molar-refractivity contribution in [2.45, 2.75) is 13.3 Å². The molecule has 0 saturated heterocycles. The van der Waals surface area contributed by atoms with E-state index in [1.807, 2.05) is 6.92 Å². The number of nitrogens with two attached hydrogens (primary N) is 1. The van der Waals surface area contributed by atoms with Crippen molar-refractivity contribution in [1.29, 1.82) is 0 Å². The number of aromatic nitrogens is 2. The molecule has 0 aliphatic carbocycles. The van der Waals surface area contributed by atoms with Crippen molar-refractivity contribution in [3.8, 4) is 0 Å². The molecule has 0 aromatic carbocycles. The highest BCUT2D eigenvalue weighted by Crippen LogP contribution is 2.10. The van der Waals surface area contributed by atoms with Gasteiger partial charge in [-0.25, -0.2) is 15.8 Å². The van der Waals surface area contributed by atoms with Crippen molar-refractivity contribution >= 4 is 23.4 Å². The van der Waals surface area contributed by atoms with Gasteiger partial charge < -0.3 is 10.7 Å². The van der Waals surface area contributed by atoms with Gasteiger partial charge in [0.15, 0.2) is 0 Å². The highest BCUT2D eigenvalue weighted by atomic mass is 32.2. The standard InChI is InChI=1S/C9H17N5S/c1-3-7-12-8(11-4-5-15-2)6-9(13-7)14-10/h6H,3-5,10H2,1-2H3,(H2,11,12,13,14). The van der Waals surface area contributed by atoms with Gasteiger partial charge in [0, 0.05) is 24.8 Å². The quantitative estimate of drug-likeness (QED) is 0.384. The third-order valence-corrected chi connectivity index (χ3v) is 2.46. The predicted molar refractivity (Wildman–Crippen MR) is 66.1 cm³/mol. The van der Waals surface area contributed by atoms with Crippen LogP contribution in [-0.2, 0) is 6.42 Å². The van der Waals surface area contributed by atoms with Crippen LogP contribution in [0.2, 0.25) is 0 Å². The van der Waals surface area contributed by atoms with E-state index in [0.717, 1.165) is 30.4 Å². The van der Waals surface area contributed by atoms with Gasteiger partial charge in [0.1, 0.15) is 17.5 Å². The first-order valence-electron chi connectivity index (χ1n) is 4.87. The minimum Gasteiger partial charge on any atom is -0.369 e. The van der Waals surface area contributed by atoms with Crippen LogP contribution < -0.4 is 16.6 Å². The Morgan fingerprint density at radius 3 is 2.73 bits per heavy atom. The fraction of sp³-hybridized carbons (Fsp3) is 0.556. The number of rotatable bonds is 6. The Morgan fingerprint density at radius 1 is 1.40 bits per heavy atom. The molecule has 1 aromatic rings. The van der Waals surface area contributed by atoms with Crippen LogP contribution in [0.15, 0.2) is 6.07 Å². The van der Waals surface area contributed by atoms with Gasteiger partial charge in [-0.15, -0.1) is 0 Å². The second kappa shape index (κ2) is 6.47. The first kappa shape index (κ1) is 12.1. The number of nitrogens with zero attached hydrogens (tertiary/aromatic N) is 2. The van der Waals surface area contributed by atoms with Crippen molar-refractivity contribution in [3.63, 3.8) is 0 Å². The van der Waals surface area contributed by atoms with E-state index in [1.165, 1.54) is 0 Å². The van der Waals surface area contributed by atoms with Crippen molar-refractivity contribution < 1.29 is 0 Å². The van der Waals surface area contributed by atoms with E-state index in [2.05, 4.69) is 27.0 Å². The summed E-state index contributed by atoms with van der Waals surface area (Å²) >= 11 is 1.79. The summed E-state index contributed by atoms with van der Waals surface area (Å²) < 4.78 is 0. The van der Waals surface area contributed by atoms with Gasteiger partial charge in [-0.05, 0) is 6.26 Å². The van der Waals surface area contributed by atoms with Crippen LogP contribution in [0.4, 0.5) is 11.6 Å². The minimum atomic E-state index is 0.647. The molecule has 1 rings (SSSR count). The van der Waals surface area contributed by atoms with Crippen molar-refractivity contribution in [2.75, 3.05) is 29.3 Å². The van der Waals surface area contributed by atoms with E-state index in [0.29, 0.717) is 5.82 Å². The van der Waals surface area contributed by atoms with E-state index in [1.54, 1.807) is 17.8 Å². The molecule has 1 heterocycles. The number of anilines is 2. The molecule has 6 heteroatoms. The maximum Gasteiger partial charge on any atom is 0.145 e. The number of aryl methyl sites for hydroxylation is 1. The molecule has 0 unspecified atom stereocenters. The second-order valence-electron chi connectivity index (χ2n) is 2.97. The van der Waals surface area contributed by atoms with Crippen LogP contribution in [0.3, 0.4) is 0 Å². The predicted octanol–water partition coefficient (Wildman–Crippen LogP) is 1.10. The zero-order valence-electron chi connectivity index (χ0n) is 9.08. The lowest BCUT2D eigenvalue weighted by Crippen LogP contribution is -2.13. The molecular formula is C9H17N5S. The number of thioether (sulfide) groups is 1. The summed E-state index contributed by atoms with van der Waals surface area (Å²) in [6.45, 7) is 2.91. The lowest BCUT2D eigenvalue weighted by molar-refractivity contribution is 0.935. The van der Waals surface area contributed by atoms with Gasteiger partial charge in [0.25, 0.3) is 0 Å². The largest absolute Gasteiger partial charge is 0.369 e. The van der Waals surface area contributed by atoms with Crippen LogP contribution in [0.1, 0.15) is 12.7 Å². The number of nitrogen functional groups attached to an aromatic ring is 1. The van der Waals surface area contributed by atoms with E-state index in [9.17, 15) is 0 Å². The van der Waals surface area contributed by atoms with Gasteiger partial charge in [-0.3, -0.25) is 0 Å². The Labute approximate surface area is 94.2 Å². The molecular weight excluding hydrogens is 210 g/mol. The number of hydrogen-bond donors (Lipinski definition) is 3. The van der Waals surface area contributed by atoms with Gasteiger partial charge in [-0.2, -0.15) is 11.8 Å². The zero-order chi connectivity index (χ0) is 11.1. The maximum absolute atomic E-state index is 5.32. The molecule has 0 atom stereocenters. The monoisotopic (exact) mass is 227 g/mol. The van der Waals surface area contributed by atoms with Crippen molar-refractivity contribution in [1.82, 2.24) is 9.97 Å². The van der Waals surface area contributed by atoms with E-state index in [4.69, 9.17) is 5.84 Å². The SMILES string of the molecule is CCc1nc(NN)cc(NCCSC)n1. The molecule has 84 valence electrons. The number of hydrogen-bond acceptors (Lipinski definition) is 6. The smallest absolute Gasteiger partial charge is 0.145 e. The van der Waals surface area contributed by atoms with Crippen molar-refractivity contribution in [3.05, 3.63) is 11.9 Å². The van der Waals surface area contributed by atoms with Crippen molar-refractivity contribution in [2.24, 2.45) is 5.84 Å². The van der Waals surface area contributed by atoms with Crippen LogP contribution >= 0.6 is 11.8 Å². The van der Waals surface area contributed by atoms with Gasteiger partial charge >= 0.3 is 0 Å². The molecule has 0 spiro atoms. The van der Waals surface area contributed by atoms with Gasteiger partial charge in [0.05, 0.1) is 0 Å². The third kappa shape index (κ3) is 3.93. The summed E-state index contributed by atoms with van der Waals surface area (Å²) in [5, 5.41) is 3.23. The Balaban J connectivity index is 2.68. The highest BCUT2D eigenvalue weighted by Gasteiger charge is 2.01. The number of hydrazine groups is 1. The van der Waals surface area contributed by atoms with Crippen LogP contribution in [0.5, 0.6) is 0 Å². The summed E-state index contributed by atoms with van der Waals surface area (Å²) in [6.07, 6.45) is 2.87. The first-order chi connectivity index (χ1) is 7.30. The van der Waals surface area contributed by atoms with Crippen LogP contribution in [0, 0.1) is 0 Å². The topological polar surface area (TPSA) is 75.9 Å². The first-order valence-corrected chi connectivity index (χ1v) is 6.27. The molecule has 0 radical (unpaired) electrons. The van der Waals surface area contributed by atoms with E-state index >= 15 is 0 Å². The van der Waals surface area contributed by atoms with Gasteiger partial charge in [0.2, 0.25) is 0 Å². The molecule has 0 saturated carbocycles. The molecule has 0 aliphatic rings. The van der Waals surface area contributed by atoms with Crippen LogP contribution in [-0.4, -0.2) is 28.5 Å². The molecule has 0 amide bonds. The number of nitrogens with one attached hydrogen (secondary N) is 2. The summed E-state index contributed by atoms with van der Waals surface area (Å²) in [6, 6.07) is 1.81. The summed E-state index contributed by atoms with van der Waals surface area (Å²) in [5.41, 5.74) is 2.54. The fourth-order valence-electron chi connectivity index (χ4n) is 1.10. The fourth-order valence-corrected chi connectivity index (χ4v) is 1.41. The second-order valence-corrected chi connectivity index (χ2v) is 3.96. The molecule has 5 nitrogen and oxygen atoms in total. The third-order valence-electron chi connectivity index (χ3n) is 1.85. The molecule has 0 aliphatic heterocycles. The van der Waals surface area contributed by atoms with E-state index < -0.39 is 0 Å². The Morgan fingerprint density at radius 2 is 2.13 bits per heavy atom. The highest BCUT2D eigenvalue weighted by molar-refractivity contribution is 7.98. The Bertz CT molecular complexity index is 282. The summed E-state index contributed by atoms with van der Waals surface area (Å²) in [7, 11) is 0. The molecule has 4 N–H and O–H groups in total. The molecule has 1 aromatic heterocycles. The lowest BCUT2D eigenvalue weighted by Gasteiger charge is -2.08. The average molecular weight is 227 g/mol. The Hall–Kier alpha value is -1.01. The molecule has 0 fully saturated rings. The van der Waals surface area contributed by atoms with E-state index in [-0.39, 0.29) is 0 Å². The lowest BCUT2D eigenvalue weighted by atomic mass is 10.4. The normalized spacial score (nSPS) is 10.1. The summed E-state index contributed by atoms with van der Waals surface area (Å²) in [5.74, 6) is 8.64.